The van der Waals surface area contributed by atoms with E-state index < -0.39 is 34.4 Å². The van der Waals surface area contributed by atoms with Gasteiger partial charge in [-0.2, -0.15) is 0 Å². The zero-order valence-corrected chi connectivity index (χ0v) is 23.6. The molecule has 3 rings (SSSR count). The summed E-state index contributed by atoms with van der Waals surface area (Å²) < 4.78 is 34.4. The van der Waals surface area contributed by atoms with E-state index in [4.69, 9.17) is 27.9 Å². The van der Waals surface area contributed by atoms with Crippen LogP contribution in [0.1, 0.15) is 19.4 Å². The second-order valence-corrected chi connectivity index (χ2v) is 11.0. The highest BCUT2D eigenvalue weighted by molar-refractivity contribution is 7.92. The van der Waals surface area contributed by atoms with Crippen molar-refractivity contribution in [1.29, 1.82) is 0 Å². The topological polar surface area (TPSA) is 96.0 Å². The molecule has 0 spiro atoms. The SMILES string of the molecule is CCOc1ccccc1N(CC(=O)N(Cc1ccc(Cl)c(Cl)c1)C(C)C(=O)NC)S(=O)(=O)c1ccccc1. The highest BCUT2D eigenvalue weighted by atomic mass is 35.5. The first kappa shape index (κ1) is 29.3. The summed E-state index contributed by atoms with van der Waals surface area (Å²) in [6.07, 6.45) is 0. The number of likely N-dealkylation sites (N-methyl/N-ethyl adjacent to an activating group) is 1. The molecule has 8 nitrogen and oxygen atoms in total. The van der Waals surface area contributed by atoms with Crippen LogP contribution in [0.25, 0.3) is 0 Å². The van der Waals surface area contributed by atoms with Gasteiger partial charge in [-0.05, 0) is 55.8 Å². The van der Waals surface area contributed by atoms with E-state index in [0.717, 1.165) is 4.31 Å². The molecule has 1 N–H and O–H groups in total. The number of anilines is 1. The Morgan fingerprint density at radius 3 is 2.26 bits per heavy atom. The lowest BCUT2D eigenvalue weighted by molar-refractivity contribution is -0.139. The van der Waals surface area contributed by atoms with Crippen LogP contribution in [0.3, 0.4) is 0 Å². The third-order valence-electron chi connectivity index (χ3n) is 5.79. The van der Waals surface area contributed by atoms with Crippen molar-refractivity contribution >= 4 is 50.7 Å². The summed E-state index contributed by atoms with van der Waals surface area (Å²) in [4.78, 5) is 27.7. The molecule has 0 fully saturated rings. The van der Waals surface area contributed by atoms with Crippen molar-refractivity contribution in [2.45, 2.75) is 31.3 Å². The summed E-state index contributed by atoms with van der Waals surface area (Å²) in [5.41, 5.74) is 0.823. The van der Waals surface area contributed by atoms with Crippen LogP contribution in [0, 0.1) is 0 Å². The van der Waals surface area contributed by atoms with Gasteiger partial charge in [0.2, 0.25) is 11.8 Å². The number of hydrogen-bond donors (Lipinski definition) is 1. The van der Waals surface area contributed by atoms with Crippen LogP contribution < -0.4 is 14.4 Å². The maximum Gasteiger partial charge on any atom is 0.264 e. The number of hydrogen-bond acceptors (Lipinski definition) is 5. The average Bonchev–Trinajstić information content (AvgIpc) is 2.92. The summed E-state index contributed by atoms with van der Waals surface area (Å²) in [7, 11) is -2.73. The highest BCUT2D eigenvalue weighted by Gasteiger charge is 2.33. The second kappa shape index (κ2) is 13.0. The van der Waals surface area contributed by atoms with E-state index in [-0.39, 0.29) is 17.1 Å². The summed E-state index contributed by atoms with van der Waals surface area (Å²) in [5.74, 6) is -0.707. The van der Waals surface area contributed by atoms with Gasteiger partial charge in [-0.3, -0.25) is 13.9 Å². The molecule has 202 valence electrons. The van der Waals surface area contributed by atoms with Gasteiger partial charge < -0.3 is 15.0 Å². The maximum atomic E-state index is 13.8. The normalized spacial score (nSPS) is 11.9. The monoisotopic (exact) mass is 577 g/mol. The molecule has 1 atom stereocenters. The number of carbonyl (C=O) groups excluding carboxylic acids is 2. The molecule has 0 aliphatic carbocycles. The fourth-order valence-corrected chi connectivity index (χ4v) is 5.57. The molecule has 0 aliphatic rings. The molecule has 11 heteroatoms. The summed E-state index contributed by atoms with van der Waals surface area (Å²) >= 11 is 12.2. The molecule has 0 bridgehead atoms. The minimum absolute atomic E-state index is 0.00333. The lowest BCUT2D eigenvalue weighted by Crippen LogP contribution is -2.50. The Bertz CT molecular complexity index is 1390. The average molecular weight is 579 g/mol. The first-order valence-corrected chi connectivity index (χ1v) is 14.0. The molecule has 0 heterocycles. The first-order valence-electron chi connectivity index (χ1n) is 11.8. The molecule has 3 aromatic carbocycles. The van der Waals surface area contributed by atoms with Crippen LogP contribution in [-0.4, -0.2) is 51.4 Å². The molecule has 0 saturated carbocycles. The molecule has 0 radical (unpaired) electrons. The Kier molecular flexibility index (Phi) is 10.0. The van der Waals surface area contributed by atoms with E-state index in [0.29, 0.717) is 28.0 Å². The Morgan fingerprint density at radius 1 is 0.974 bits per heavy atom. The Morgan fingerprint density at radius 2 is 1.63 bits per heavy atom. The number of carbonyl (C=O) groups is 2. The molecule has 3 aromatic rings. The van der Waals surface area contributed by atoms with Crippen molar-refractivity contribution < 1.29 is 22.7 Å². The lowest BCUT2D eigenvalue weighted by atomic mass is 10.1. The van der Waals surface area contributed by atoms with Gasteiger partial charge in [-0.15, -0.1) is 0 Å². The number of rotatable bonds is 11. The van der Waals surface area contributed by atoms with Gasteiger partial charge in [0.1, 0.15) is 18.3 Å². The number of benzene rings is 3. The summed E-state index contributed by atoms with van der Waals surface area (Å²) in [6.45, 7) is 3.06. The number of amides is 2. The Labute approximate surface area is 233 Å². The van der Waals surface area contributed by atoms with E-state index in [1.54, 1.807) is 74.5 Å². The minimum Gasteiger partial charge on any atom is -0.492 e. The third-order valence-corrected chi connectivity index (χ3v) is 8.31. The van der Waals surface area contributed by atoms with Crippen molar-refractivity contribution in [2.24, 2.45) is 0 Å². The first-order chi connectivity index (χ1) is 18.1. The quantitative estimate of drug-likeness (QED) is 0.354. The van der Waals surface area contributed by atoms with Crippen LogP contribution in [-0.2, 0) is 26.2 Å². The van der Waals surface area contributed by atoms with Crippen molar-refractivity contribution in [3.05, 3.63) is 88.4 Å². The van der Waals surface area contributed by atoms with Crippen LogP contribution in [0.15, 0.2) is 77.7 Å². The van der Waals surface area contributed by atoms with Gasteiger partial charge in [0, 0.05) is 13.6 Å². The largest absolute Gasteiger partial charge is 0.492 e. The fourth-order valence-electron chi connectivity index (χ4n) is 3.80. The van der Waals surface area contributed by atoms with E-state index in [2.05, 4.69) is 5.32 Å². The molecule has 0 aromatic heterocycles. The van der Waals surface area contributed by atoms with E-state index in [1.807, 2.05) is 0 Å². The Hall–Kier alpha value is -3.27. The van der Waals surface area contributed by atoms with Gasteiger partial charge in [0.15, 0.2) is 0 Å². The van der Waals surface area contributed by atoms with Crippen LogP contribution in [0.4, 0.5) is 5.69 Å². The fraction of sp³-hybridized carbons (Fsp3) is 0.259. The van der Waals surface area contributed by atoms with E-state index in [9.17, 15) is 18.0 Å². The van der Waals surface area contributed by atoms with Crippen molar-refractivity contribution in [1.82, 2.24) is 10.2 Å². The highest BCUT2D eigenvalue weighted by Crippen LogP contribution is 2.33. The summed E-state index contributed by atoms with van der Waals surface area (Å²) in [6, 6.07) is 18.4. The minimum atomic E-state index is -4.19. The van der Waals surface area contributed by atoms with Crippen LogP contribution >= 0.6 is 23.2 Å². The zero-order valence-electron chi connectivity index (χ0n) is 21.2. The number of nitrogens with one attached hydrogen (secondary N) is 1. The van der Waals surface area contributed by atoms with Crippen molar-refractivity contribution in [3.63, 3.8) is 0 Å². The van der Waals surface area contributed by atoms with Gasteiger partial charge >= 0.3 is 0 Å². The van der Waals surface area contributed by atoms with Gasteiger partial charge in [0.05, 0.1) is 27.2 Å². The number of nitrogens with zero attached hydrogens (tertiary/aromatic N) is 2. The number of halogens is 2. The van der Waals surface area contributed by atoms with Crippen molar-refractivity contribution in [3.8, 4) is 5.75 Å². The molecule has 0 aliphatic heterocycles. The lowest BCUT2D eigenvalue weighted by Gasteiger charge is -2.32. The number of ether oxygens (including phenoxy) is 1. The van der Waals surface area contributed by atoms with Gasteiger partial charge in [0.25, 0.3) is 10.0 Å². The zero-order chi connectivity index (χ0) is 27.9. The number of para-hydroxylation sites is 2. The molecule has 2 amide bonds. The Balaban J connectivity index is 2.08. The third kappa shape index (κ3) is 6.78. The van der Waals surface area contributed by atoms with Crippen LogP contribution in [0.2, 0.25) is 10.0 Å². The number of sulfonamides is 1. The molecular weight excluding hydrogens is 549 g/mol. The predicted octanol–water partition coefficient (Wildman–Crippen LogP) is 4.75. The molecular formula is C27H29Cl2N3O5S. The van der Waals surface area contributed by atoms with E-state index >= 15 is 0 Å². The molecule has 38 heavy (non-hydrogen) atoms. The van der Waals surface area contributed by atoms with Gasteiger partial charge in [-0.1, -0.05) is 59.6 Å². The standard InChI is InChI=1S/C27H29Cl2N3O5S/c1-4-37-25-13-9-8-12-24(25)32(38(35,36)21-10-6-5-7-11-21)18-26(33)31(19(2)27(34)30-3)17-20-14-15-22(28)23(29)16-20/h5-16,19H,4,17-18H2,1-3H3,(H,30,34). The maximum absolute atomic E-state index is 13.8. The predicted molar refractivity (Wildman–Crippen MR) is 149 cm³/mol. The summed E-state index contributed by atoms with van der Waals surface area (Å²) in [5, 5.41) is 3.18. The van der Waals surface area contributed by atoms with E-state index in [1.165, 1.54) is 24.1 Å². The second-order valence-electron chi connectivity index (χ2n) is 8.29. The smallest absolute Gasteiger partial charge is 0.264 e. The van der Waals surface area contributed by atoms with Gasteiger partial charge in [-0.25, -0.2) is 8.42 Å². The van der Waals surface area contributed by atoms with Crippen LogP contribution in [0.5, 0.6) is 5.75 Å². The molecule has 1 unspecified atom stereocenters. The molecule has 0 saturated heterocycles. The van der Waals surface area contributed by atoms with Crippen molar-refractivity contribution in [2.75, 3.05) is 24.5 Å².